The van der Waals surface area contributed by atoms with Crippen molar-refractivity contribution >= 4 is 0 Å². The van der Waals surface area contributed by atoms with E-state index in [9.17, 15) is 0 Å². The van der Waals surface area contributed by atoms with E-state index >= 15 is 0 Å². The van der Waals surface area contributed by atoms with Gasteiger partial charge in [0.15, 0.2) is 0 Å². The van der Waals surface area contributed by atoms with Crippen molar-refractivity contribution in [3.05, 3.63) is 116 Å². The molecular weight excluding hydrogens is 553 g/mol. The number of fused-ring (bicyclic) bond motifs is 3. The maximum Gasteiger partial charge on any atom is -0.00106 e. The van der Waals surface area contributed by atoms with Crippen molar-refractivity contribution in [2.24, 2.45) is 0 Å². The van der Waals surface area contributed by atoms with Crippen LogP contribution < -0.4 is 0 Å². The molecule has 2 aliphatic rings. The first-order chi connectivity index (χ1) is 22.7. The Balaban J connectivity index is 1.68. The third-order valence-corrected chi connectivity index (χ3v) is 11.2. The lowest BCUT2D eigenvalue weighted by molar-refractivity contribution is 0.683. The van der Waals surface area contributed by atoms with Gasteiger partial charge in [0, 0.05) is 0 Å². The van der Waals surface area contributed by atoms with Gasteiger partial charge in [-0.3, -0.25) is 0 Å². The van der Waals surface area contributed by atoms with Gasteiger partial charge in [-0.1, -0.05) is 114 Å². The summed E-state index contributed by atoms with van der Waals surface area (Å²) in [7, 11) is 0. The first kappa shape index (κ1) is 32.8. The van der Waals surface area contributed by atoms with E-state index in [1.807, 2.05) is 0 Å². The van der Waals surface area contributed by atoms with Crippen molar-refractivity contribution < 1.29 is 0 Å². The van der Waals surface area contributed by atoms with Gasteiger partial charge in [0.25, 0.3) is 0 Å². The summed E-state index contributed by atoms with van der Waals surface area (Å²) in [5.74, 6) is 0. The first-order valence-electron chi connectivity index (χ1n) is 19.2. The van der Waals surface area contributed by atoms with Crippen molar-refractivity contribution in [1.29, 1.82) is 0 Å². The molecule has 6 rings (SSSR count). The van der Waals surface area contributed by atoms with E-state index in [1.165, 1.54) is 114 Å². The highest BCUT2D eigenvalue weighted by Crippen LogP contribution is 2.49. The van der Waals surface area contributed by atoms with Crippen molar-refractivity contribution in [2.75, 3.05) is 0 Å². The average molecular weight is 611 g/mol. The number of rotatable bonds is 14. The predicted molar refractivity (Wildman–Crippen MR) is 200 cm³/mol. The van der Waals surface area contributed by atoms with E-state index in [0.29, 0.717) is 0 Å². The second-order valence-corrected chi connectivity index (χ2v) is 14.2. The maximum atomic E-state index is 2.40. The maximum absolute atomic E-state index is 2.40. The Morgan fingerprint density at radius 2 is 0.739 bits per heavy atom. The van der Waals surface area contributed by atoms with Crippen LogP contribution >= 0.6 is 0 Å². The molecule has 0 amide bonds. The van der Waals surface area contributed by atoms with Crippen LogP contribution in [-0.2, 0) is 51.4 Å². The van der Waals surface area contributed by atoms with E-state index in [4.69, 9.17) is 0 Å². The molecule has 0 nitrogen and oxygen atoms in total. The van der Waals surface area contributed by atoms with E-state index < -0.39 is 0 Å². The summed E-state index contributed by atoms with van der Waals surface area (Å²) in [6.45, 7) is 9.52. The summed E-state index contributed by atoms with van der Waals surface area (Å²) in [6.07, 6.45) is 22.5. The van der Waals surface area contributed by atoms with Crippen molar-refractivity contribution in [3.8, 4) is 22.3 Å². The smallest absolute Gasteiger partial charge is 0.00106 e. The molecule has 0 N–H and O–H groups in total. The second kappa shape index (κ2) is 15.6. The predicted octanol–water partition coefficient (Wildman–Crippen LogP) is 12.8. The fourth-order valence-electron chi connectivity index (χ4n) is 8.91. The van der Waals surface area contributed by atoms with E-state index in [2.05, 4.69) is 88.4 Å². The molecule has 0 bridgehead atoms. The van der Waals surface area contributed by atoms with Gasteiger partial charge >= 0.3 is 0 Å². The number of hydrogen-bond donors (Lipinski definition) is 0. The molecule has 0 radical (unpaired) electrons. The molecule has 0 spiro atoms. The second-order valence-electron chi connectivity index (χ2n) is 14.2. The molecule has 0 unspecified atom stereocenters. The summed E-state index contributed by atoms with van der Waals surface area (Å²) < 4.78 is 0. The van der Waals surface area contributed by atoms with Crippen LogP contribution in [0.2, 0.25) is 0 Å². The minimum Gasteiger partial charge on any atom is -0.0654 e. The highest BCUT2D eigenvalue weighted by molar-refractivity contribution is 5.86. The van der Waals surface area contributed by atoms with Gasteiger partial charge in [-0.2, -0.15) is 0 Å². The first-order valence-corrected chi connectivity index (χ1v) is 19.2. The molecule has 2 aliphatic carbocycles. The van der Waals surface area contributed by atoms with E-state index in [-0.39, 0.29) is 0 Å². The normalized spacial score (nSPS) is 13.7. The Morgan fingerprint density at radius 1 is 0.391 bits per heavy atom. The van der Waals surface area contributed by atoms with Crippen LogP contribution in [0.5, 0.6) is 0 Å². The SMILES string of the molecule is CCCCc1c(CCCC)c(CCCC)c2c(c1CCCC)Cc1c(c(-c3ccccc3)c3c(c1-c1ccccc1)CCCC3)C2. The molecule has 0 saturated carbocycles. The Hall–Kier alpha value is -3.12. The lowest BCUT2D eigenvalue weighted by Crippen LogP contribution is -2.22. The van der Waals surface area contributed by atoms with Gasteiger partial charge in [-0.25, -0.2) is 0 Å². The van der Waals surface area contributed by atoms with Crippen LogP contribution in [0.4, 0.5) is 0 Å². The standard InChI is InChI=1S/C46H58/c1-5-9-25-35-36(26-10-6-2)38(28-12-8-4)42-32-44-43(31-41(42)37(35)27-11-7-3)45(33-21-15-13-16-22-33)39-29-19-20-30-40(39)46(44)34-23-17-14-18-24-34/h13-18,21-24H,5-12,19-20,25-32H2,1-4H3. The lowest BCUT2D eigenvalue weighted by atomic mass is 9.68. The van der Waals surface area contributed by atoms with Crippen LogP contribution in [0.15, 0.2) is 60.7 Å². The fourth-order valence-corrected chi connectivity index (χ4v) is 8.91. The molecule has 242 valence electrons. The summed E-state index contributed by atoms with van der Waals surface area (Å²) in [6, 6.07) is 23.0. The Labute approximate surface area is 281 Å². The topological polar surface area (TPSA) is 0 Å². The highest BCUT2D eigenvalue weighted by Gasteiger charge is 2.33. The zero-order valence-electron chi connectivity index (χ0n) is 29.5. The minimum atomic E-state index is 1.10. The molecule has 0 heterocycles. The van der Waals surface area contributed by atoms with Gasteiger partial charge in [0.1, 0.15) is 0 Å². The Morgan fingerprint density at radius 3 is 1.09 bits per heavy atom. The van der Waals surface area contributed by atoms with Crippen LogP contribution in [0, 0.1) is 0 Å². The largest absolute Gasteiger partial charge is 0.0654 e. The van der Waals surface area contributed by atoms with Crippen molar-refractivity contribution in [3.63, 3.8) is 0 Å². The van der Waals surface area contributed by atoms with Gasteiger partial charge < -0.3 is 0 Å². The fraction of sp³-hybridized carbons (Fsp3) is 0.478. The van der Waals surface area contributed by atoms with Crippen LogP contribution in [0.25, 0.3) is 22.3 Å². The molecule has 4 aromatic carbocycles. The molecule has 0 atom stereocenters. The summed E-state index contributed by atoms with van der Waals surface area (Å²) >= 11 is 0. The third-order valence-electron chi connectivity index (χ3n) is 11.2. The van der Waals surface area contributed by atoms with Gasteiger partial charge in [-0.05, 0) is 168 Å². The number of unbranched alkanes of at least 4 members (excludes halogenated alkanes) is 4. The third kappa shape index (κ3) is 6.52. The molecule has 0 aromatic heterocycles. The quantitative estimate of drug-likeness (QED) is 0.117. The molecule has 0 fully saturated rings. The lowest BCUT2D eigenvalue weighted by Gasteiger charge is -2.36. The Bertz CT molecular complexity index is 1480. The summed E-state index contributed by atoms with van der Waals surface area (Å²) in [4.78, 5) is 0. The molecule has 0 aliphatic heterocycles. The Kier molecular flexibility index (Phi) is 11.2. The van der Waals surface area contributed by atoms with Gasteiger partial charge in [0.2, 0.25) is 0 Å². The van der Waals surface area contributed by atoms with Crippen LogP contribution in [0.1, 0.15) is 148 Å². The summed E-state index contributed by atoms with van der Waals surface area (Å²) in [5, 5.41) is 0. The van der Waals surface area contributed by atoms with E-state index in [1.54, 1.807) is 66.8 Å². The zero-order valence-corrected chi connectivity index (χ0v) is 29.5. The highest BCUT2D eigenvalue weighted by atomic mass is 14.4. The van der Waals surface area contributed by atoms with Crippen LogP contribution in [-0.4, -0.2) is 0 Å². The summed E-state index contributed by atoms with van der Waals surface area (Å²) in [5.41, 5.74) is 23.3. The average Bonchev–Trinajstić information content (AvgIpc) is 3.10. The zero-order chi connectivity index (χ0) is 31.9. The van der Waals surface area contributed by atoms with E-state index in [0.717, 1.165) is 12.8 Å². The molecular formula is C46H58. The van der Waals surface area contributed by atoms with Crippen molar-refractivity contribution in [1.82, 2.24) is 0 Å². The molecule has 4 aromatic rings. The monoisotopic (exact) mass is 610 g/mol. The van der Waals surface area contributed by atoms with Crippen molar-refractivity contribution in [2.45, 2.75) is 143 Å². The number of benzene rings is 4. The van der Waals surface area contributed by atoms with Gasteiger partial charge in [0.05, 0.1) is 0 Å². The number of hydrogen-bond acceptors (Lipinski definition) is 0. The minimum absolute atomic E-state index is 1.10. The molecule has 46 heavy (non-hydrogen) atoms. The molecule has 0 saturated heterocycles. The molecule has 0 heteroatoms. The van der Waals surface area contributed by atoms with Gasteiger partial charge in [-0.15, -0.1) is 0 Å². The van der Waals surface area contributed by atoms with Crippen LogP contribution in [0.3, 0.4) is 0 Å².